The van der Waals surface area contributed by atoms with Crippen LogP contribution in [0.3, 0.4) is 0 Å². The molecule has 3 rings (SSSR count). The van der Waals surface area contributed by atoms with Gasteiger partial charge in [0.2, 0.25) is 0 Å². The van der Waals surface area contributed by atoms with Crippen molar-refractivity contribution in [3.05, 3.63) is 65.7 Å². The zero-order chi connectivity index (χ0) is 21.9. The number of piperidine rings is 1. The molecule has 2 N–H and O–H groups in total. The Morgan fingerprint density at radius 3 is 2.59 bits per heavy atom. The summed E-state index contributed by atoms with van der Waals surface area (Å²) in [4.78, 5) is 6.95. The predicted octanol–water partition coefficient (Wildman–Crippen LogP) is 4.05. The van der Waals surface area contributed by atoms with E-state index in [1.807, 2.05) is 31.3 Å². The van der Waals surface area contributed by atoms with Gasteiger partial charge in [0.05, 0.1) is 20.3 Å². The minimum Gasteiger partial charge on any atom is -0.496 e. The smallest absolute Gasteiger partial charge is 0.191 e. The second kappa shape index (κ2) is 14.3. The molecule has 2 aromatic rings. The van der Waals surface area contributed by atoms with E-state index in [9.17, 15) is 0 Å². The molecule has 1 aliphatic rings. The second-order valence-electron chi connectivity index (χ2n) is 8.03. The zero-order valence-corrected chi connectivity index (χ0v) is 21.8. The molecular formula is C25H37IN4O2. The van der Waals surface area contributed by atoms with Crippen molar-refractivity contribution >= 4 is 29.9 Å². The molecule has 0 aliphatic carbocycles. The summed E-state index contributed by atoms with van der Waals surface area (Å²) in [5.41, 5.74) is 2.44. The molecule has 0 saturated carbocycles. The maximum Gasteiger partial charge on any atom is 0.191 e. The molecule has 1 aliphatic heterocycles. The van der Waals surface area contributed by atoms with Crippen LogP contribution >= 0.6 is 24.0 Å². The molecular weight excluding hydrogens is 515 g/mol. The van der Waals surface area contributed by atoms with E-state index >= 15 is 0 Å². The summed E-state index contributed by atoms with van der Waals surface area (Å²) in [5.74, 6) is 1.70. The third kappa shape index (κ3) is 8.26. The van der Waals surface area contributed by atoms with Gasteiger partial charge in [-0.3, -0.25) is 9.89 Å². The van der Waals surface area contributed by atoms with Gasteiger partial charge in [-0.15, -0.1) is 24.0 Å². The normalized spacial score (nSPS) is 19.2. The number of aliphatic imine (C=N–C) groups is 1. The van der Waals surface area contributed by atoms with Crippen LogP contribution in [0.15, 0.2) is 59.6 Å². The summed E-state index contributed by atoms with van der Waals surface area (Å²) in [6.07, 6.45) is 2.22. The number of likely N-dealkylation sites (tertiary alicyclic amines) is 1. The average molecular weight is 553 g/mol. The van der Waals surface area contributed by atoms with Crippen molar-refractivity contribution in [1.29, 1.82) is 0 Å². The fourth-order valence-electron chi connectivity index (χ4n) is 4.04. The van der Waals surface area contributed by atoms with Crippen LogP contribution in [0.2, 0.25) is 0 Å². The summed E-state index contributed by atoms with van der Waals surface area (Å²) in [7, 11) is 3.50. The Kier molecular flexibility index (Phi) is 11.8. The van der Waals surface area contributed by atoms with E-state index in [0.29, 0.717) is 31.8 Å². The van der Waals surface area contributed by atoms with Gasteiger partial charge >= 0.3 is 0 Å². The first-order valence-corrected chi connectivity index (χ1v) is 11.1. The minimum absolute atomic E-state index is 0. The van der Waals surface area contributed by atoms with Gasteiger partial charge in [0, 0.05) is 44.3 Å². The Morgan fingerprint density at radius 2 is 1.88 bits per heavy atom. The number of nitrogens with one attached hydrogen (secondary N) is 2. The highest BCUT2D eigenvalue weighted by Crippen LogP contribution is 2.20. The van der Waals surface area contributed by atoms with Crippen molar-refractivity contribution in [2.75, 3.05) is 33.9 Å². The van der Waals surface area contributed by atoms with Crippen molar-refractivity contribution < 1.29 is 9.47 Å². The summed E-state index contributed by atoms with van der Waals surface area (Å²) in [6, 6.07) is 19.6. The maximum absolute atomic E-state index is 5.80. The first kappa shape index (κ1) is 26.4. The molecule has 0 radical (unpaired) electrons. The second-order valence-corrected chi connectivity index (χ2v) is 8.03. The van der Waals surface area contributed by atoms with Crippen molar-refractivity contribution in [3.63, 3.8) is 0 Å². The number of hydrogen-bond donors (Lipinski definition) is 2. The lowest BCUT2D eigenvalue weighted by molar-refractivity contribution is 0.122. The van der Waals surface area contributed by atoms with Crippen LogP contribution in [0, 0.1) is 0 Å². The van der Waals surface area contributed by atoms with Crippen LogP contribution < -0.4 is 15.4 Å². The summed E-state index contributed by atoms with van der Waals surface area (Å²) in [5, 5.41) is 6.95. The number of nitrogens with zero attached hydrogens (tertiary/aromatic N) is 2. The van der Waals surface area contributed by atoms with Gasteiger partial charge in [-0.25, -0.2) is 0 Å². The van der Waals surface area contributed by atoms with Crippen molar-refractivity contribution in [3.8, 4) is 5.75 Å². The molecule has 0 amide bonds. The Labute approximate surface area is 209 Å². The summed E-state index contributed by atoms with van der Waals surface area (Å²) >= 11 is 0. The molecule has 176 valence electrons. The Balaban J connectivity index is 0.00000363. The van der Waals surface area contributed by atoms with E-state index < -0.39 is 0 Å². The van der Waals surface area contributed by atoms with Crippen molar-refractivity contribution in [1.82, 2.24) is 15.5 Å². The SMILES string of the molecule is CN=C(NCCOCc1ccccc1OC)NC1CCN(Cc2ccccc2)C(C)C1.I. The van der Waals surface area contributed by atoms with Gasteiger partial charge in [0.15, 0.2) is 5.96 Å². The molecule has 7 heteroatoms. The fraction of sp³-hybridized carbons (Fsp3) is 0.480. The van der Waals surface area contributed by atoms with E-state index in [1.165, 1.54) is 5.56 Å². The topological polar surface area (TPSA) is 58.1 Å². The van der Waals surface area contributed by atoms with E-state index in [-0.39, 0.29) is 24.0 Å². The molecule has 2 atom stereocenters. The number of hydrogen-bond acceptors (Lipinski definition) is 4. The van der Waals surface area contributed by atoms with Gasteiger partial charge in [-0.1, -0.05) is 48.5 Å². The first-order valence-electron chi connectivity index (χ1n) is 11.1. The number of benzene rings is 2. The lowest BCUT2D eigenvalue weighted by atomic mass is 9.97. The number of halogens is 1. The lowest BCUT2D eigenvalue weighted by Gasteiger charge is -2.38. The van der Waals surface area contributed by atoms with Crippen LogP contribution in [-0.2, 0) is 17.9 Å². The molecule has 1 saturated heterocycles. The molecule has 0 spiro atoms. The van der Waals surface area contributed by atoms with E-state index in [0.717, 1.165) is 43.2 Å². The number of rotatable bonds is 9. The van der Waals surface area contributed by atoms with Crippen molar-refractivity contribution in [2.24, 2.45) is 4.99 Å². The fourth-order valence-corrected chi connectivity index (χ4v) is 4.04. The number of guanidine groups is 1. The molecule has 0 aromatic heterocycles. The predicted molar refractivity (Wildman–Crippen MR) is 142 cm³/mol. The number of para-hydroxylation sites is 1. The lowest BCUT2D eigenvalue weighted by Crippen LogP contribution is -2.51. The quantitative estimate of drug-likeness (QED) is 0.213. The van der Waals surface area contributed by atoms with Crippen LogP contribution in [-0.4, -0.2) is 56.8 Å². The highest BCUT2D eigenvalue weighted by molar-refractivity contribution is 14.0. The average Bonchev–Trinajstić information content (AvgIpc) is 2.80. The highest BCUT2D eigenvalue weighted by atomic mass is 127. The largest absolute Gasteiger partial charge is 0.496 e. The first-order chi connectivity index (χ1) is 15.2. The Hall–Kier alpha value is -1.84. The summed E-state index contributed by atoms with van der Waals surface area (Å²) < 4.78 is 11.2. The molecule has 32 heavy (non-hydrogen) atoms. The summed E-state index contributed by atoms with van der Waals surface area (Å²) in [6.45, 7) is 6.27. The van der Waals surface area contributed by atoms with E-state index in [4.69, 9.17) is 9.47 Å². The van der Waals surface area contributed by atoms with Crippen molar-refractivity contribution in [2.45, 2.75) is 45.0 Å². The van der Waals surface area contributed by atoms with Crippen LogP contribution in [0.1, 0.15) is 30.9 Å². The van der Waals surface area contributed by atoms with Gasteiger partial charge in [-0.05, 0) is 31.4 Å². The minimum atomic E-state index is 0. The van der Waals surface area contributed by atoms with Crippen LogP contribution in [0.5, 0.6) is 5.75 Å². The van der Waals surface area contributed by atoms with Gasteiger partial charge in [-0.2, -0.15) is 0 Å². The Morgan fingerprint density at radius 1 is 1.12 bits per heavy atom. The monoisotopic (exact) mass is 552 g/mol. The third-order valence-corrected chi connectivity index (χ3v) is 5.80. The standard InChI is InChI=1S/C25H36N4O2.HI/c1-20-17-23(13-15-29(20)18-21-9-5-4-6-10-21)28-25(26-2)27-14-16-31-19-22-11-7-8-12-24(22)30-3;/h4-12,20,23H,13-19H2,1-3H3,(H2,26,27,28);1H. The number of methoxy groups -OCH3 is 1. The van der Waals surface area contributed by atoms with Gasteiger partial charge in [0.1, 0.15) is 5.75 Å². The highest BCUT2D eigenvalue weighted by Gasteiger charge is 2.25. The Bertz CT molecular complexity index is 819. The third-order valence-electron chi connectivity index (χ3n) is 5.80. The van der Waals surface area contributed by atoms with Crippen LogP contribution in [0.4, 0.5) is 0 Å². The number of ether oxygens (including phenoxy) is 2. The molecule has 0 bridgehead atoms. The van der Waals surface area contributed by atoms with E-state index in [2.05, 4.69) is 57.8 Å². The molecule has 1 heterocycles. The van der Waals surface area contributed by atoms with Gasteiger partial charge < -0.3 is 20.1 Å². The van der Waals surface area contributed by atoms with Gasteiger partial charge in [0.25, 0.3) is 0 Å². The zero-order valence-electron chi connectivity index (χ0n) is 19.4. The van der Waals surface area contributed by atoms with Crippen LogP contribution in [0.25, 0.3) is 0 Å². The maximum atomic E-state index is 5.80. The van der Waals surface area contributed by atoms with E-state index in [1.54, 1.807) is 7.11 Å². The molecule has 2 unspecified atom stereocenters. The molecule has 6 nitrogen and oxygen atoms in total. The molecule has 1 fully saturated rings. The molecule has 2 aromatic carbocycles.